The van der Waals surface area contributed by atoms with E-state index in [4.69, 9.17) is 14.2 Å². The summed E-state index contributed by atoms with van der Waals surface area (Å²) in [4.78, 5) is 38.3. The van der Waals surface area contributed by atoms with Crippen molar-refractivity contribution in [2.75, 3.05) is 13.2 Å². The lowest BCUT2D eigenvalue weighted by molar-refractivity contribution is -0.167. The first-order valence-electron chi connectivity index (χ1n) is 30.6. The van der Waals surface area contributed by atoms with E-state index in [1.54, 1.807) is 0 Å². The quantitative estimate of drug-likeness (QED) is 0.0261. The van der Waals surface area contributed by atoms with Gasteiger partial charge in [0, 0.05) is 19.3 Å². The molecule has 6 heteroatoms. The summed E-state index contributed by atoms with van der Waals surface area (Å²) < 4.78 is 16.9. The van der Waals surface area contributed by atoms with E-state index in [-0.39, 0.29) is 31.1 Å². The molecule has 0 saturated carbocycles. The molecule has 0 spiro atoms. The van der Waals surface area contributed by atoms with Crippen LogP contribution in [0, 0.1) is 0 Å². The molecule has 0 aliphatic carbocycles. The molecular formula is C66H114O6. The summed E-state index contributed by atoms with van der Waals surface area (Å²) in [7, 11) is 0. The van der Waals surface area contributed by atoms with Gasteiger partial charge in [-0.25, -0.2) is 0 Å². The van der Waals surface area contributed by atoms with Gasteiger partial charge in [0.1, 0.15) is 13.2 Å². The van der Waals surface area contributed by atoms with Crippen LogP contribution in [0.3, 0.4) is 0 Å². The molecule has 0 heterocycles. The van der Waals surface area contributed by atoms with Crippen molar-refractivity contribution < 1.29 is 28.6 Å². The fraction of sp³-hybridized carbons (Fsp3) is 0.742. The number of allylic oxidation sites excluding steroid dienone is 14. The van der Waals surface area contributed by atoms with Gasteiger partial charge >= 0.3 is 17.9 Å². The van der Waals surface area contributed by atoms with E-state index in [9.17, 15) is 14.4 Å². The minimum Gasteiger partial charge on any atom is -0.462 e. The Morgan fingerprint density at radius 3 is 0.861 bits per heavy atom. The van der Waals surface area contributed by atoms with Crippen molar-refractivity contribution in [3.63, 3.8) is 0 Å². The normalized spacial score (nSPS) is 12.7. The minimum atomic E-state index is -0.790. The van der Waals surface area contributed by atoms with Gasteiger partial charge in [-0.1, -0.05) is 266 Å². The number of carbonyl (C=O) groups excluding carboxylic acids is 3. The number of hydrogen-bond acceptors (Lipinski definition) is 6. The van der Waals surface area contributed by atoms with Gasteiger partial charge in [-0.3, -0.25) is 14.4 Å². The smallest absolute Gasteiger partial charge is 0.306 e. The molecular weight excluding hydrogens is 889 g/mol. The fourth-order valence-electron chi connectivity index (χ4n) is 8.56. The third-order valence-corrected chi connectivity index (χ3v) is 13.1. The fourth-order valence-corrected chi connectivity index (χ4v) is 8.56. The lowest BCUT2D eigenvalue weighted by Crippen LogP contribution is -2.30. The molecule has 414 valence electrons. The number of unbranched alkanes of at least 4 members (excludes halogenated alkanes) is 30. The predicted octanol–water partition coefficient (Wildman–Crippen LogP) is 20.7. The molecule has 0 bridgehead atoms. The van der Waals surface area contributed by atoms with Crippen molar-refractivity contribution in [1.82, 2.24) is 0 Å². The van der Waals surface area contributed by atoms with Gasteiger partial charge in [-0.2, -0.15) is 0 Å². The average molecular weight is 1000 g/mol. The summed E-state index contributed by atoms with van der Waals surface area (Å²) in [6, 6.07) is 0. The Bertz CT molecular complexity index is 1380. The van der Waals surface area contributed by atoms with Crippen LogP contribution in [0.2, 0.25) is 0 Å². The number of esters is 3. The molecule has 0 saturated heterocycles. The van der Waals surface area contributed by atoms with Crippen LogP contribution in [0.25, 0.3) is 0 Å². The Labute approximate surface area is 445 Å². The summed E-state index contributed by atoms with van der Waals surface area (Å²) in [5.74, 6) is -0.908. The van der Waals surface area contributed by atoms with E-state index >= 15 is 0 Å². The van der Waals surface area contributed by atoms with Crippen LogP contribution >= 0.6 is 0 Å². The Kier molecular flexibility index (Phi) is 57.3. The van der Waals surface area contributed by atoms with Gasteiger partial charge in [0.25, 0.3) is 0 Å². The molecule has 0 radical (unpaired) electrons. The predicted molar refractivity (Wildman–Crippen MR) is 311 cm³/mol. The first-order valence-corrected chi connectivity index (χ1v) is 30.6. The van der Waals surface area contributed by atoms with Gasteiger partial charge in [0.15, 0.2) is 6.10 Å². The molecule has 0 amide bonds. The molecule has 0 N–H and O–H groups in total. The van der Waals surface area contributed by atoms with Gasteiger partial charge in [0.05, 0.1) is 0 Å². The van der Waals surface area contributed by atoms with E-state index in [1.165, 1.54) is 128 Å². The van der Waals surface area contributed by atoms with Crippen molar-refractivity contribution in [3.05, 3.63) is 85.1 Å². The molecule has 0 aromatic rings. The highest BCUT2D eigenvalue weighted by molar-refractivity contribution is 5.71. The third kappa shape index (κ3) is 57.5. The summed E-state index contributed by atoms with van der Waals surface area (Å²) in [6.45, 7) is 6.51. The van der Waals surface area contributed by atoms with E-state index in [0.29, 0.717) is 19.3 Å². The number of carbonyl (C=O) groups is 3. The minimum absolute atomic E-state index is 0.0881. The average Bonchev–Trinajstić information content (AvgIpc) is 3.38. The van der Waals surface area contributed by atoms with Crippen LogP contribution in [-0.2, 0) is 28.6 Å². The third-order valence-electron chi connectivity index (χ3n) is 13.1. The van der Waals surface area contributed by atoms with E-state index in [1.807, 2.05) is 0 Å². The van der Waals surface area contributed by atoms with Gasteiger partial charge in [-0.15, -0.1) is 0 Å². The van der Waals surface area contributed by atoms with E-state index in [2.05, 4.69) is 106 Å². The SMILES string of the molecule is CC/C=C\C/C=C\C/C=C\C/C=C\C/C=C\CCCCCCCC(=O)OCC(COC(=O)CCCCCCC/C=C\C/C=C\CCCCCC)OC(=O)CCCCCCCCCCCCCCCCCCC. The lowest BCUT2D eigenvalue weighted by atomic mass is 10.0. The van der Waals surface area contributed by atoms with Crippen molar-refractivity contribution in [3.8, 4) is 0 Å². The van der Waals surface area contributed by atoms with Crippen molar-refractivity contribution in [1.29, 1.82) is 0 Å². The van der Waals surface area contributed by atoms with Gasteiger partial charge in [0.2, 0.25) is 0 Å². The Morgan fingerprint density at radius 1 is 0.292 bits per heavy atom. The highest BCUT2D eigenvalue weighted by atomic mass is 16.6. The van der Waals surface area contributed by atoms with E-state index in [0.717, 1.165) is 128 Å². The lowest BCUT2D eigenvalue weighted by Gasteiger charge is -2.18. The maximum atomic E-state index is 12.9. The largest absolute Gasteiger partial charge is 0.462 e. The monoisotopic (exact) mass is 1000 g/mol. The second-order valence-electron chi connectivity index (χ2n) is 20.2. The Balaban J connectivity index is 4.42. The zero-order valence-electron chi connectivity index (χ0n) is 47.4. The van der Waals surface area contributed by atoms with Crippen LogP contribution in [0.5, 0.6) is 0 Å². The summed E-state index contributed by atoms with van der Waals surface area (Å²) >= 11 is 0. The van der Waals surface area contributed by atoms with Crippen LogP contribution < -0.4 is 0 Å². The number of ether oxygens (including phenoxy) is 3. The first-order chi connectivity index (χ1) is 35.5. The summed E-state index contributed by atoms with van der Waals surface area (Å²) in [5.41, 5.74) is 0. The number of rotatable bonds is 55. The van der Waals surface area contributed by atoms with Crippen LogP contribution in [0.1, 0.15) is 297 Å². The Hall–Kier alpha value is -3.41. The van der Waals surface area contributed by atoms with Crippen molar-refractivity contribution in [2.45, 2.75) is 303 Å². The molecule has 6 nitrogen and oxygen atoms in total. The second kappa shape index (κ2) is 60.1. The molecule has 0 aliphatic heterocycles. The zero-order valence-corrected chi connectivity index (χ0v) is 47.4. The highest BCUT2D eigenvalue weighted by Crippen LogP contribution is 2.16. The molecule has 1 atom stereocenters. The highest BCUT2D eigenvalue weighted by Gasteiger charge is 2.19. The van der Waals surface area contributed by atoms with E-state index < -0.39 is 6.10 Å². The molecule has 1 unspecified atom stereocenters. The summed E-state index contributed by atoms with van der Waals surface area (Å²) in [6.07, 6.45) is 78.6. The van der Waals surface area contributed by atoms with Gasteiger partial charge in [-0.05, 0) is 96.3 Å². The standard InChI is InChI=1S/C66H114O6/c1-4-7-10-13-16-19-22-25-28-31-32-33-34-36-38-41-44-47-50-53-56-59-65(68)71-62-63(61-70-64(67)58-55-52-49-46-43-40-37-30-27-24-21-18-15-12-9-6-3)72-66(69)60-57-54-51-48-45-42-39-35-29-26-23-20-17-14-11-8-5-2/h7,10,16,19,21,24-25,28,30,32-33,36-38,63H,4-6,8-9,11-15,17-18,20,22-23,26-27,29,31,34-35,39-62H2,1-3H3/b10-7-,19-16-,24-21-,28-25-,33-32-,37-30-,38-36-. The molecule has 0 aliphatic rings. The maximum Gasteiger partial charge on any atom is 0.306 e. The molecule has 0 fully saturated rings. The zero-order chi connectivity index (χ0) is 52.2. The van der Waals surface area contributed by atoms with Crippen molar-refractivity contribution in [2.24, 2.45) is 0 Å². The molecule has 72 heavy (non-hydrogen) atoms. The van der Waals surface area contributed by atoms with Gasteiger partial charge < -0.3 is 14.2 Å². The maximum absolute atomic E-state index is 12.9. The summed E-state index contributed by atoms with van der Waals surface area (Å²) in [5, 5.41) is 0. The molecule has 0 aromatic carbocycles. The Morgan fingerprint density at radius 2 is 0.542 bits per heavy atom. The molecule has 0 rings (SSSR count). The number of hydrogen-bond donors (Lipinski definition) is 0. The molecule has 0 aromatic heterocycles. The van der Waals surface area contributed by atoms with Crippen LogP contribution in [0.4, 0.5) is 0 Å². The second-order valence-corrected chi connectivity index (χ2v) is 20.2. The van der Waals surface area contributed by atoms with Crippen LogP contribution in [-0.4, -0.2) is 37.2 Å². The van der Waals surface area contributed by atoms with Crippen molar-refractivity contribution >= 4 is 17.9 Å². The topological polar surface area (TPSA) is 78.9 Å². The first kappa shape index (κ1) is 68.6. The van der Waals surface area contributed by atoms with Crippen LogP contribution in [0.15, 0.2) is 85.1 Å².